The molecule has 3 heteroatoms. The Hall–Kier alpha value is -0.900. The Morgan fingerprint density at radius 3 is 2.16 bits per heavy atom. The van der Waals surface area contributed by atoms with E-state index in [0.29, 0.717) is 13.0 Å². The highest BCUT2D eigenvalue weighted by Crippen LogP contribution is 2.22. The number of aliphatic hydroxyl groups excluding tert-OH is 1. The van der Waals surface area contributed by atoms with Crippen LogP contribution >= 0.6 is 0 Å². The van der Waals surface area contributed by atoms with Gasteiger partial charge in [-0.15, -0.1) is 0 Å². The SMILES string of the molecule is CC(C)(C)CCOCCC(N)(CO)c1ccccc1. The second-order valence-corrected chi connectivity index (χ2v) is 6.35. The van der Waals surface area contributed by atoms with Gasteiger partial charge in [-0.25, -0.2) is 0 Å². The third kappa shape index (κ3) is 5.72. The summed E-state index contributed by atoms with van der Waals surface area (Å²) in [7, 11) is 0. The third-order valence-electron chi connectivity index (χ3n) is 3.32. The lowest BCUT2D eigenvalue weighted by atomic mass is 9.89. The summed E-state index contributed by atoms with van der Waals surface area (Å²) in [6.45, 7) is 7.82. The summed E-state index contributed by atoms with van der Waals surface area (Å²) < 4.78 is 5.64. The molecule has 1 atom stereocenters. The fourth-order valence-corrected chi connectivity index (χ4v) is 1.82. The Morgan fingerprint density at radius 1 is 1.05 bits per heavy atom. The lowest BCUT2D eigenvalue weighted by Gasteiger charge is -2.28. The molecule has 0 aliphatic heterocycles. The molecule has 0 aliphatic carbocycles. The fourth-order valence-electron chi connectivity index (χ4n) is 1.82. The summed E-state index contributed by atoms with van der Waals surface area (Å²) in [5.74, 6) is 0. The summed E-state index contributed by atoms with van der Waals surface area (Å²) >= 11 is 0. The van der Waals surface area contributed by atoms with Crippen molar-refractivity contribution in [2.45, 2.75) is 39.2 Å². The highest BCUT2D eigenvalue weighted by molar-refractivity contribution is 5.23. The van der Waals surface area contributed by atoms with Gasteiger partial charge in [0.25, 0.3) is 0 Å². The van der Waals surface area contributed by atoms with Crippen molar-refractivity contribution in [3.63, 3.8) is 0 Å². The highest BCUT2D eigenvalue weighted by atomic mass is 16.5. The molecule has 0 bridgehead atoms. The average molecular weight is 265 g/mol. The number of aliphatic hydroxyl groups is 1. The minimum absolute atomic E-state index is 0.0698. The zero-order chi connectivity index (χ0) is 14.4. The maximum atomic E-state index is 9.54. The van der Waals surface area contributed by atoms with Crippen LogP contribution < -0.4 is 5.73 Å². The molecular weight excluding hydrogens is 238 g/mol. The van der Waals surface area contributed by atoms with Crippen LogP contribution in [0.5, 0.6) is 0 Å². The van der Waals surface area contributed by atoms with Crippen LogP contribution in [0.2, 0.25) is 0 Å². The van der Waals surface area contributed by atoms with E-state index in [-0.39, 0.29) is 12.0 Å². The van der Waals surface area contributed by atoms with Crippen LogP contribution in [0.4, 0.5) is 0 Å². The molecule has 0 fully saturated rings. The first-order chi connectivity index (χ1) is 8.87. The topological polar surface area (TPSA) is 55.5 Å². The Balaban J connectivity index is 2.41. The van der Waals surface area contributed by atoms with E-state index in [1.807, 2.05) is 30.3 Å². The predicted molar refractivity (Wildman–Crippen MR) is 78.9 cm³/mol. The van der Waals surface area contributed by atoms with Gasteiger partial charge in [0.15, 0.2) is 0 Å². The summed E-state index contributed by atoms with van der Waals surface area (Å²) in [5, 5.41) is 9.54. The lowest BCUT2D eigenvalue weighted by Crippen LogP contribution is -2.41. The first-order valence-corrected chi connectivity index (χ1v) is 6.90. The molecule has 0 saturated heterocycles. The van der Waals surface area contributed by atoms with Gasteiger partial charge in [-0.1, -0.05) is 51.1 Å². The van der Waals surface area contributed by atoms with Gasteiger partial charge in [0.05, 0.1) is 12.1 Å². The van der Waals surface area contributed by atoms with Crippen LogP contribution in [0.1, 0.15) is 39.2 Å². The Labute approximate surface area is 116 Å². The van der Waals surface area contributed by atoms with Gasteiger partial charge >= 0.3 is 0 Å². The second kappa shape index (κ2) is 7.04. The van der Waals surface area contributed by atoms with Crippen LogP contribution in [0.15, 0.2) is 30.3 Å². The van der Waals surface area contributed by atoms with Crippen LogP contribution in [-0.2, 0) is 10.3 Å². The summed E-state index contributed by atoms with van der Waals surface area (Å²) in [6, 6.07) is 9.72. The van der Waals surface area contributed by atoms with Crippen molar-refractivity contribution in [3.05, 3.63) is 35.9 Å². The average Bonchev–Trinajstić information content (AvgIpc) is 2.38. The monoisotopic (exact) mass is 265 g/mol. The molecule has 0 aliphatic rings. The molecule has 19 heavy (non-hydrogen) atoms. The van der Waals surface area contributed by atoms with Crippen LogP contribution in [0.25, 0.3) is 0 Å². The molecule has 0 heterocycles. The minimum Gasteiger partial charge on any atom is -0.394 e. The standard InChI is InChI=1S/C16H27NO2/c1-15(2,3)9-11-19-12-10-16(17,13-18)14-7-5-4-6-8-14/h4-8,18H,9-13,17H2,1-3H3. The van der Waals surface area contributed by atoms with Crippen molar-refractivity contribution in [1.82, 2.24) is 0 Å². The summed E-state index contributed by atoms with van der Waals surface area (Å²) in [4.78, 5) is 0. The van der Waals surface area contributed by atoms with E-state index in [4.69, 9.17) is 10.5 Å². The van der Waals surface area contributed by atoms with Gasteiger partial charge in [0.2, 0.25) is 0 Å². The van der Waals surface area contributed by atoms with Gasteiger partial charge in [-0.2, -0.15) is 0 Å². The molecule has 0 radical (unpaired) electrons. The normalized spacial score (nSPS) is 15.2. The van der Waals surface area contributed by atoms with E-state index in [1.165, 1.54) is 0 Å². The zero-order valence-corrected chi connectivity index (χ0v) is 12.4. The van der Waals surface area contributed by atoms with E-state index in [9.17, 15) is 5.11 Å². The molecule has 108 valence electrons. The third-order valence-corrected chi connectivity index (χ3v) is 3.32. The summed E-state index contributed by atoms with van der Waals surface area (Å²) in [5.41, 5.74) is 6.79. The van der Waals surface area contributed by atoms with Crippen molar-refractivity contribution in [2.75, 3.05) is 19.8 Å². The van der Waals surface area contributed by atoms with Gasteiger partial charge in [-0.3, -0.25) is 0 Å². The van der Waals surface area contributed by atoms with Crippen LogP contribution in [0.3, 0.4) is 0 Å². The Morgan fingerprint density at radius 2 is 1.63 bits per heavy atom. The van der Waals surface area contributed by atoms with Crippen molar-refractivity contribution >= 4 is 0 Å². The highest BCUT2D eigenvalue weighted by Gasteiger charge is 2.26. The maximum Gasteiger partial charge on any atom is 0.0666 e. The molecule has 1 unspecified atom stereocenters. The molecule has 3 nitrogen and oxygen atoms in total. The van der Waals surface area contributed by atoms with Crippen molar-refractivity contribution in [1.29, 1.82) is 0 Å². The fraction of sp³-hybridized carbons (Fsp3) is 0.625. The number of hydrogen-bond acceptors (Lipinski definition) is 3. The minimum atomic E-state index is -0.705. The number of hydrogen-bond donors (Lipinski definition) is 2. The molecular formula is C16H27NO2. The Kier molecular flexibility index (Phi) is 5.98. The molecule has 0 aromatic heterocycles. The van der Waals surface area contributed by atoms with E-state index in [2.05, 4.69) is 20.8 Å². The molecule has 1 aromatic rings. The van der Waals surface area contributed by atoms with Crippen molar-refractivity contribution in [3.8, 4) is 0 Å². The predicted octanol–water partition coefficient (Wildman–Crippen LogP) is 2.68. The van der Waals surface area contributed by atoms with E-state index >= 15 is 0 Å². The molecule has 1 aromatic carbocycles. The first kappa shape index (κ1) is 16.2. The van der Waals surface area contributed by atoms with Crippen molar-refractivity contribution < 1.29 is 9.84 Å². The maximum absolute atomic E-state index is 9.54. The van der Waals surface area contributed by atoms with Gasteiger partial charge in [0, 0.05) is 13.2 Å². The number of benzene rings is 1. The molecule has 0 spiro atoms. The van der Waals surface area contributed by atoms with E-state index in [0.717, 1.165) is 18.6 Å². The van der Waals surface area contributed by atoms with Crippen LogP contribution in [-0.4, -0.2) is 24.9 Å². The van der Waals surface area contributed by atoms with Crippen LogP contribution in [0, 0.1) is 5.41 Å². The summed E-state index contributed by atoms with van der Waals surface area (Å²) in [6.07, 6.45) is 1.65. The zero-order valence-electron chi connectivity index (χ0n) is 12.4. The smallest absolute Gasteiger partial charge is 0.0666 e. The lowest BCUT2D eigenvalue weighted by molar-refractivity contribution is 0.0787. The van der Waals surface area contributed by atoms with Crippen molar-refractivity contribution in [2.24, 2.45) is 11.1 Å². The molecule has 0 saturated carbocycles. The number of rotatable bonds is 7. The molecule has 1 rings (SSSR count). The number of nitrogens with two attached hydrogens (primary N) is 1. The van der Waals surface area contributed by atoms with Gasteiger partial charge in [0.1, 0.15) is 0 Å². The number of ether oxygens (including phenoxy) is 1. The van der Waals surface area contributed by atoms with Gasteiger partial charge in [-0.05, 0) is 23.8 Å². The Bertz CT molecular complexity index is 359. The van der Waals surface area contributed by atoms with E-state index in [1.54, 1.807) is 0 Å². The second-order valence-electron chi connectivity index (χ2n) is 6.35. The first-order valence-electron chi connectivity index (χ1n) is 6.90. The van der Waals surface area contributed by atoms with Gasteiger partial charge < -0.3 is 15.6 Å². The molecule has 0 amide bonds. The largest absolute Gasteiger partial charge is 0.394 e. The quantitative estimate of drug-likeness (QED) is 0.745. The molecule has 3 N–H and O–H groups in total. The van der Waals surface area contributed by atoms with E-state index < -0.39 is 5.54 Å².